The Hall–Kier alpha value is -1.91. The quantitative estimate of drug-likeness (QED) is 0.704. The van der Waals surface area contributed by atoms with Gasteiger partial charge in [0.25, 0.3) is 5.56 Å². The highest BCUT2D eigenvalue weighted by Gasteiger charge is 2.48. The van der Waals surface area contributed by atoms with Crippen LogP contribution in [-0.2, 0) is 17.1 Å². The van der Waals surface area contributed by atoms with Crippen molar-refractivity contribution in [1.29, 1.82) is 0 Å². The molecule has 0 saturated carbocycles. The first kappa shape index (κ1) is 21.4. The fraction of sp³-hybridized carbons (Fsp3) is 0.312. The van der Waals surface area contributed by atoms with Crippen LogP contribution in [0.15, 0.2) is 40.2 Å². The molecule has 0 radical (unpaired) electrons. The summed E-state index contributed by atoms with van der Waals surface area (Å²) in [5, 5.41) is 0.171. The Morgan fingerprint density at radius 1 is 1.19 bits per heavy atom. The van der Waals surface area contributed by atoms with Crippen molar-refractivity contribution in [2.24, 2.45) is 7.05 Å². The molecule has 0 fully saturated rings. The van der Waals surface area contributed by atoms with Gasteiger partial charge in [-0.05, 0) is 24.6 Å². The van der Waals surface area contributed by atoms with Gasteiger partial charge in [0.05, 0.1) is 5.56 Å². The fourth-order valence-electron chi connectivity index (χ4n) is 2.56. The summed E-state index contributed by atoms with van der Waals surface area (Å²) in [7, 11) is -3.06. The van der Waals surface area contributed by atoms with Crippen LogP contribution in [0.5, 0.6) is 0 Å². The average Bonchev–Trinajstić information content (AvgIpc) is 2.56. The molecule has 0 aliphatic rings. The molecule has 0 spiro atoms. The number of hydrogen-bond acceptors (Lipinski definition) is 3. The van der Waals surface area contributed by atoms with Gasteiger partial charge in [0.15, 0.2) is 5.82 Å². The predicted molar refractivity (Wildman–Crippen MR) is 91.6 cm³/mol. The summed E-state index contributed by atoms with van der Waals surface area (Å²) in [6, 6.07) is 1.88. The minimum atomic E-state index is -4.98. The first-order chi connectivity index (χ1) is 12.3. The summed E-state index contributed by atoms with van der Waals surface area (Å²) in [5.41, 5.74) is -1.69. The van der Waals surface area contributed by atoms with Crippen molar-refractivity contribution in [3.05, 3.63) is 62.8 Å². The van der Waals surface area contributed by atoms with Crippen molar-refractivity contribution in [2.75, 3.05) is 7.05 Å². The maximum Gasteiger partial charge on any atom is 0.409 e. The van der Waals surface area contributed by atoms with E-state index in [9.17, 15) is 30.8 Å². The smallest absolute Gasteiger partial charge is 0.317 e. The summed E-state index contributed by atoms with van der Waals surface area (Å²) in [4.78, 5) is 10.7. The van der Waals surface area contributed by atoms with E-state index in [4.69, 9.17) is 11.6 Å². The second-order valence-electron chi connectivity index (χ2n) is 5.87. The molecule has 5 nitrogen and oxygen atoms in total. The summed E-state index contributed by atoms with van der Waals surface area (Å²) in [6.45, 7) is 1.05. The predicted octanol–water partition coefficient (Wildman–Crippen LogP) is 3.41. The number of hydrogen-bond donors (Lipinski definition) is 0. The lowest BCUT2D eigenvalue weighted by Gasteiger charge is -2.30. The average molecular weight is 427 g/mol. The SMILES string of the molecule is Cc1c(F)c(S(=O)(=O)N(C)[C@H](c2ccc(Cl)cc2)C(F)(F)F)cn(C)c1=O. The Morgan fingerprint density at radius 2 is 1.70 bits per heavy atom. The van der Waals surface area contributed by atoms with Gasteiger partial charge in [-0.2, -0.15) is 17.5 Å². The zero-order valence-corrected chi connectivity index (χ0v) is 16.0. The molecule has 2 aromatic rings. The second-order valence-corrected chi connectivity index (χ2v) is 8.27. The third kappa shape index (κ3) is 4.02. The molecule has 0 aliphatic heterocycles. The molecule has 11 heteroatoms. The standard InChI is InChI=1S/C16H15ClF4N2O3S/c1-9-13(18)12(8-22(2)15(9)24)27(25,26)23(3)14(16(19,20)21)10-4-6-11(17)7-5-10/h4-8,14H,1-3H3/t14-/m1/s1. The van der Waals surface area contributed by atoms with Crippen molar-refractivity contribution in [3.63, 3.8) is 0 Å². The zero-order valence-electron chi connectivity index (χ0n) is 14.4. The first-order valence-corrected chi connectivity index (χ1v) is 9.26. The molecule has 0 bridgehead atoms. The van der Waals surface area contributed by atoms with Gasteiger partial charge in [-0.15, -0.1) is 0 Å². The third-order valence-corrected chi connectivity index (χ3v) is 6.08. The molecule has 0 amide bonds. The van der Waals surface area contributed by atoms with E-state index in [-0.39, 0.29) is 14.9 Å². The van der Waals surface area contributed by atoms with Gasteiger partial charge in [-0.1, -0.05) is 23.7 Å². The monoisotopic (exact) mass is 426 g/mol. The van der Waals surface area contributed by atoms with Crippen LogP contribution in [0.2, 0.25) is 5.02 Å². The highest BCUT2D eigenvalue weighted by molar-refractivity contribution is 7.89. The van der Waals surface area contributed by atoms with Gasteiger partial charge >= 0.3 is 6.18 Å². The molecule has 1 aromatic carbocycles. The largest absolute Gasteiger partial charge is 0.409 e. The van der Waals surface area contributed by atoms with Crippen LogP contribution in [0.3, 0.4) is 0 Å². The number of aryl methyl sites for hydroxylation is 1. The zero-order chi connectivity index (χ0) is 20.7. The van der Waals surface area contributed by atoms with Gasteiger partial charge in [0.2, 0.25) is 10.0 Å². The Morgan fingerprint density at radius 3 is 2.19 bits per heavy atom. The number of pyridine rings is 1. The molecule has 0 aliphatic carbocycles. The van der Waals surface area contributed by atoms with Crippen LogP contribution in [-0.4, -0.2) is 30.5 Å². The minimum Gasteiger partial charge on any atom is -0.317 e. The van der Waals surface area contributed by atoms with Crippen LogP contribution in [0.25, 0.3) is 0 Å². The van der Waals surface area contributed by atoms with Crippen molar-refractivity contribution >= 4 is 21.6 Å². The molecule has 27 heavy (non-hydrogen) atoms. The molecule has 0 unspecified atom stereocenters. The fourth-order valence-corrected chi connectivity index (χ4v) is 4.18. The number of sulfonamides is 1. The Kier molecular flexibility index (Phi) is 5.74. The highest BCUT2D eigenvalue weighted by Crippen LogP contribution is 2.40. The lowest BCUT2D eigenvalue weighted by Crippen LogP contribution is -2.40. The van der Waals surface area contributed by atoms with Gasteiger partial charge in [0, 0.05) is 25.3 Å². The van der Waals surface area contributed by atoms with Crippen LogP contribution < -0.4 is 5.56 Å². The number of nitrogens with zero attached hydrogens (tertiary/aromatic N) is 2. The Bertz CT molecular complexity index is 1020. The summed E-state index contributed by atoms with van der Waals surface area (Å²) in [6.07, 6.45) is -4.33. The van der Waals surface area contributed by atoms with Gasteiger partial charge < -0.3 is 4.57 Å². The van der Waals surface area contributed by atoms with Crippen LogP contribution in [0, 0.1) is 12.7 Å². The maximum absolute atomic E-state index is 14.4. The molecular formula is C16H15ClF4N2O3S. The van der Waals surface area contributed by atoms with E-state index >= 15 is 0 Å². The second kappa shape index (κ2) is 7.25. The van der Waals surface area contributed by atoms with Crippen molar-refractivity contribution in [3.8, 4) is 0 Å². The van der Waals surface area contributed by atoms with E-state index in [0.717, 1.165) is 23.6 Å². The van der Waals surface area contributed by atoms with E-state index in [1.165, 1.54) is 19.2 Å². The Labute approximate surface area is 157 Å². The van der Waals surface area contributed by atoms with E-state index in [1.54, 1.807) is 0 Å². The minimum absolute atomic E-state index is 0.0264. The van der Waals surface area contributed by atoms with E-state index in [0.29, 0.717) is 13.2 Å². The molecule has 1 heterocycles. The first-order valence-electron chi connectivity index (χ1n) is 7.44. The number of alkyl halides is 3. The topological polar surface area (TPSA) is 59.4 Å². The molecule has 0 saturated heterocycles. The lowest BCUT2D eigenvalue weighted by atomic mass is 10.1. The van der Waals surface area contributed by atoms with Gasteiger partial charge in [-0.3, -0.25) is 4.79 Å². The third-order valence-electron chi connectivity index (χ3n) is 4.01. The van der Waals surface area contributed by atoms with Crippen LogP contribution in [0.1, 0.15) is 17.2 Å². The number of benzene rings is 1. The molecule has 1 aromatic heterocycles. The summed E-state index contributed by atoms with van der Waals surface area (Å²) in [5.74, 6) is -1.39. The summed E-state index contributed by atoms with van der Waals surface area (Å²) >= 11 is 5.67. The van der Waals surface area contributed by atoms with E-state index in [1.807, 2.05) is 0 Å². The van der Waals surface area contributed by atoms with Crippen molar-refractivity contribution in [1.82, 2.24) is 8.87 Å². The number of halogens is 5. The normalized spacial score (nSPS) is 13.8. The molecule has 148 valence electrons. The van der Waals surface area contributed by atoms with Gasteiger partial charge in [-0.25, -0.2) is 12.8 Å². The van der Waals surface area contributed by atoms with Crippen molar-refractivity contribution < 1.29 is 26.0 Å². The molecule has 2 rings (SSSR count). The number of aromatic nitrogens is 1. The van der Waals surface area contributed by atoms with E-state index < -0.39 is 44.1 Å². The lowest BCUT2D eigenvalue weighted by molar-refractivity contribution is -0.171. The van der Waals surface area contributed by atoms with Crippen LogP contribution >= 0.6 is 11.6 Å². The van der Waals surface area contributed by atoms with E-state index in [2.05, 4.69) is 0 Å². The van der Waals surface area contributed by atoms with Crippen molar-refractivity contribution in [2.45, 2.75) is 24.0 Å². The highest BCUT2D eigenvalue weighted by atomic mass is 35.5. The maximum atomic E-state index is 14.4. The Balaban J connectivity index is 2.66. The molecule has 0 N–H and O–H groups in total. The number of rotatable bonds is 4. The molecule has 1 atom stereocenters. The molecular weight excluding hydrogens is 412 g/mol. The summed E-state index contributed by atoms with van der Waals surface area (Å²) < 4.78 is 81.6. The van der Waals surface area contributed by atoms with Crippen LogP contribution in [0.4, 0.5) is 17.6 Å². The van der Waals surface area contributed by atoms with Gasteiger partial charge in [0.1, 0.15) is 10.9 Å².